The van der Waals surface area contributed by atoms with Crippen LogP contribution in [-0.4, -0.2) is 10.6 Å². The molecule has 3 nitrogen and oxygen atoms in total. The predicted octanol–water partition coefficient (Wildman–Crippen LogP) is 1.67. The Kier molecular flexibility index (Phi) is 4.56. The van der Waals surface area contributed by atoms with Gasteiger partial charge in [0.25, 0.3) is 5.56 Å². The van der Waals surface area contributed by atoms with E-state index in [1.165, 1.54) is 0 Å². The van der Waals surface area contributed by atoms with Crippen LogP contribution in [-0.2, 0) is 6.54 Å². The van der Waals surface area contributed by atoms with Gasteiger partial charge in [-0.15, -0.1) is 0 Å². The van der Waals surface area contributed by atoms with E-state index in [0.717, 1.165) is 31.5 Å². The number of unbranched alkanes of at least 4 members (excludes halogenated alkanes) is 1. The quantitative estimate of drug-likeness (QED) is 0.748. The summed E-state index contributed by atoms with van der Waals surface area (Å²) in [5, 5.41) is 0. The molecule has 0 amide bonds. The molecule has 1 atom stereocenters. The number of nitrogens with zero attached hydrogens (tertiary/aromatic N) is 1. The second kappa shape index (κ2) is 5.71. The Morgan fingerprint density at radius 3 is 2.73 bits per heavy atom. The van der Waals surface area contributed by atoms with E-state index < -0.39 is 0 Å². The fourth-order valence-corrected chi connectivity index (χ4v) is 1.65. The Morgan fingerprint density at radius 1 is 1.40 bits per heavy atom. The number of nitrogens with two attached hydrogens (primary N) is 1. The number of hydrogen-bond donors (Lipinski definition) is 1. The first-order chi connectivity index (χ1) is 7.11. The van der Waals surface area contributed by atoms with Gasteiger partial charge >= 0.3 is 0 Å². The number of pyridine rings is 1. The van der Waals surface area contributed by atoms with E-state index in [1.54, 1.807) is 12.1 Å². The molecule has 0 aliphatic carbocycles. The van der Waals surface area contributed by atoms with Crippen LogP contribution in [0.3, 0.4) is 0 Å². The van der Waals surface area contributed by atoms with Gasteiger partial charge in [0.05, 0.1) is 0 Å². The van der Waals surface area contributed by atoms with Crippen molar-refractivity contribution >= 4 is 0 Å². The van der Waals surface area contributed by atoms with E-state index >= 15 is 0 Å². The summed E-state index contributed by atoms with van der Waals surface area (Å²) in [4.78, 5) is 11.5. The van der Waals surface area contributed by atoms with Crippen molar-refractivity contribution in [1.82, 2.24) is 4.57 Å². The Morgan fingerprint density at radius 2 is 2.13 bits per heavy atom. The van der Waals surface area contributed by atoms with Crippen LogP contribution in [0.25, 0.3) is 0 Å². The molecule has 3 heteroatoms. The zero-order valence-corrected chi connectivity index (χ0v) is 9.57. The van der Waals surface area contributed by atoms with Crippen LogP contribution in [0.15, 0.2) is 23.0 Å². The minimum Gasteiger partial charge on any atom is -0.328 e. The lowest BCUT2D eigenvalue weighted by molar-refractivity contribution is 0.535. The van der Waals surface area contributed by atoms with Crippen molar-refractivity contribution in [2.45, 2.75) is 45.7 Å². The molecule has 1 heterocycles. The molecule has 0 bridgehead atoms. The highest BCUT2D eigenvalue weighted by Crippen LogP contribution is 2.02. The highest BCUT2D eigenvalue weighted by Gasteiger charge is 1.99. The molecule has 1 aromatic rings. The molecule has 15 heavy (non-hydrogen) atoms. The molecule has 0 radical (unpaired) electrons. The Hall–Kier alpha value is -1.09. The van der Waals surface area contributed by atoms with Gasteiger partial charge in [-0.05, 0) is 32.8 Å². The molecule has 2 N–H and O–H groups in total. The smallest absolute Gasteiger partial charge is 0.250 e. The summed E-state index contributed by atoms with van der Waals surface area (Å²) >= 11 is 0. The van der Waals surface area contributed by atoms with Crippen LogP contribution >= 0.6 is 0 Å². The van der Waals surface area contributed by atoms with Crippen molar-refractivity contribution in [3.8, 4) is 0 Å². The lowest BCUT2D eigenvalue weighted by Crippen LogP contribution is -2.21. The summed E-state index contributed by atoms with van der Waals surface area (Å²) in [6, 6.07) is 5.64. The fourth-order valence-electron chi connectivity index (χ4n) is 1.65. The lowest BCUT2D eigenvalue weighted by atomic mass is 10.1. The number of aryl methyl sites for hydroxylation is 1. The molecule has 0 aliphatic heterocycles. The molecular formula is C12H20N2O. The first kappa shape index (κ1) is 12.0. The molecule has 1 rings (SSSR count). The van der Waals surface area contributed by atoms with Crippen LogP contribution in [0.5, 0.6) is 0 Å². The normalized spacial score (nSPS) is 12.7. The van der Waals surface area contributed by atoms with Gasteiger partial charge in [0.2, 0.25) is 0 Å². The Bertz CT molecular complexity index is 355. The van der Waals surface area contributed by atoms with E-state index in [0.29, 0.717) is 0 Å². The van der Waals surface area contributed by atoms with Gasteiger partial charge in [-0.3, -0.25) is 4.79 Å². The first-order valence-electron chi connectivity index (χ1n) is 5.53. The molecule has 0 saturated carbocycles. The van der Waals surface area contributed by atoms with E-state index in [2.05, 4.69) is 0 Å². The van der Waals surface area contributed by atoms with Crippen molar-refractivity contribution in [3.63, 3.8) is 0 Å². The lowest BCUT2D eigenvalue weighted by Gasteiger charge is -2.09. The second-order valence-electron chi connectivity index (χ2n) is 4.13. The molecule has 1 aromatic heterocycles. The molecule has 84 valence electrons. The predicted molar refractivity (Wildman–Crippen MR) is 62.9 cm³/mol. The summed E-state index contributed by atoms with van der Waals surface area (Å²) in [7, 11) is 0. The van der Waals surface area contributed by atoms with Crippen molar-refractivity contribution in [1.29, 1.82) is 0 Å². The largest absolute Gasteiger partial charge is 0.328 e. The zero-order chi connectivity index (χ0) is 11.3. The molecule has 1 unspecified atom stereocenters. The average molecular weight is 208 g/mol. The van der Waals surface area contributed by atoms with Crippen molar-refractivity contribution in [2.24, 2.45) is 5.73 Å². The van der Waals surface area contributed by atoms with Gasteiger partial charge in [-0.1, -0.05) is 12.5 Å². The molecule has 0 saturated heterocycles. The highest BCUT2D eigenvalue weighted by molar-refractivity contribution is 5.04. The third kappa shape index (κ3) is 3.88. The average Bonchev–Trinajstić information content (AvgIpc) is 2.15. The molecular weight excluding hydrogens is 188 g/mol. The Balaban J connectivity index is 2.47. The standard InChI is InChI=1S/C12H20N2O/c1-10(13)6-3-4-9-14-11(2)7-5-8-12(14)15/h5,7-8,10H,3-4,6,9,13H2,1-2H3. The van der Waals surface area contributed by atoms with Gasteiger partial charge in [0.1, 0.15) is 0 Å². The minimum atomic E-state index is 0.0933. The third-order valence-corrected chi connectivity index (χ3v) is 2.56. The monoisotopic (exact) mass is 208 g/mol. The molecule has 0 fully saturated rings. The van der Waals surface area contributed by atoms with Crippen LogP contribution in [0.4, 0.5) is 0 Å². The van der Waals surface area contributed by atoms with E-state index in [4.69, 9.17) is 5.73 Å². The van der Waals surface area contributed by atoms with Gasteiger partial charge in [0, 0.05) is 24.3 Å². The highest BCUT2D eigenvalue weighted by atomic mass is 16.1. The topological polar surface area (TPSA) is 48.0 Å². The van der Waals surface area contributed by atoms with Crippen LogP contribution in [0, 0.1) is 6.92 Å². The van der Waals surface area contributed by atoms with E-state index in [9.17, 15) is 4.79 Å². The molecule has 0 aliphatic rings. The van der Waals surface area contributed by atoms with Crippen LogP contribution < -0.4 is 11.3 Å². The van der Waals surface area contributed by atoms with E-state index in [-0.39, 0.29) is 11.6 Å². The summed E-state index contributed by atoms with van der Waals surface area (Å²) in [6.07, 6.45) is 3.13. The molecule has 0 aromatic carbocycles. The number of hydrogen-bond acceptors (Lipinski definition) is 2. The maximum absolute atomic E-state index is 11.5. The van der Waals surface area contributed by atoms with Gasteiger partial charge in [0.15, 0.2) is 0 Å². The van der Waals surface area contributed by atoms with Crippen molar-refractivity contribution in [3.05, 3.63) is 34.2 Å². The SMILES string of the molecule is Cc1cccc(=O)n1CCCCC(C)N. The maximum atomic E-state index is 11.5. The summed E-state index contributed by atoms with van der Waals surface area (Å²) in [5.74, 6) is 0. The minimum absolute atomic E-state index is 0.0933. The number of rotatable bonds is 5. The zero-order valence-electron chi connectivity index (χ0n) is 9.57. The maximum Gasteiger partial charge on any atom is 0.250 e. The molecule has 0 spiro atoms. The van der Waals surface area contributed by atoms with Gasteiger partial charge in [-0.25, -0.2) is 0 Å². The number of aromatic nitrogens is 1. The van der Waals surface area contributed by atoms with Crippen molar-refractivity contribution < 1.29 is 0 Å². The van der Waals surface area contributed by atoms with E-state index in [1.807, 2.05) is 24.5 Å². The van der Waals surface area contributed by atoms with Crippen LogP contribution in [0.2, 0.25) is 0 Å². The Labute approximate surface area is 90.9 Å². The van der Waals surface area contributed by atoms with Crippen molar-refractivity contribution in [2.75, 3.05) is 0 Å². The summed E-state index contributed by atoms with van der Waals surface area (Å²) < 4.78 is 1.82. The summed E-state index contributed by atoms with van der Waals surface area (Å²) in [5.41, 5.74) is 6.79. The van der Waals surface area contributed by atoms with Gasteiger partial charge in [-0.2, -0.15) is 0 Å². The fraction of sp³-hybridized carbons (Fsp3) is 0.583. The van der Waals surface area contributed by atoms with Gasteiger partial charge < -0.3 is 10.3 Å². The first-order valence-corrected chi connectivity index (χ1v) is 5.53. The third-order valence-electron chi connectivity index (χ3n) is 2.56. The second-order valence-corrected chi connectivity index (χ2v) is 4.13. The van der Waals surface area contributed by atoms with Crippen LogP contribution in [0.1, 0.15) is 31.9 Å². The summed E-state index contributed by atoms with van der Waals surface area (Å²) in [6.45, 7) is 4.78.